The normalized spacial score (nSPS) is 16.5. The van der Waals surface area contributed by atoms with E-state index in [0.29, 0.717) is 30.2 Å². The maximum Gasteiger partial charge on any atom is 0.254 e. The van der Waals surface area contributed by atoms with Gasteiger partial charge in [0.2, 0.25) is 5.91 Å². The molecule has 0 saturated heterocycles. The van der Waals surface area contributed by atoms with Crippen molar-refractivity contribution < 1.29 is 9.59 Å². The lowest BCUT2D eigenvalue weighted by molar-refractivity contribution is -0.117. The molecule has 5 rings (SSSR count). The number of hydrogen-bond acceptors (Lipinski definition) is 7. The van der Waals surface area contributed by atoms with Crippen molar-refractivity contribution in [3.63, 3.8) is 0 Å². The largest absolute Gasteiger partial charge is 0.333 e. The summed E-state index contributed by atoms with van der Waals surface area (Å²) < 4.78 is 8.37. The Hall–Kier alpha value is -2.39. The second kappa shape index (κ2) is 6.10. The van der Waals surface area contributed by atoms with E-state index >= 15 is 0 Å². The zero-order chi connectivity index (χ0) is 17.7. The third-order valence-corrected chi connectivity index (χ3v) is 6.25. The highest BCUT2D eigenvalue weighted by atomic mass is 32.1. The van der Waals surface area contributed by atoms with Gasteiger partial charge in [0.05, 0.1) is 24.0 Å². The van der Waals surface area contributed by atoms with Gasteiger partial charge in [-0.3, -0.25) is 9.59 Å². The van der Waals surface area contributed by atoms with Gasteiger partial charge in [-0.2, -0.15) is 8.75 Å². The van der Waals surface area contributed by atoms with E-state index in [0.717, 1.165) is 46.2 Å². The standard InChI is InChI=1S/C17H15N5O2S2/c23-15(9-1-2-9)19-17-18-12-5-6-22(8-14(12)25-17)16(24)10-3-4-11-13(7-10)21-26-20-11/h3-4,7,9H,1-2,5-6,8H2,(H,18,19,23). The van der Waals surface area contributed by atoms with Crippen LogP contribution in [0.25, 0.3) is 11.0 Å². The molecule has 26 heavy (non-hydrogen) atoms. The average Bonchev–Trinajstić information content (AvgIpc) is 3.27. The molecule has 1 aliphatic heterocycles. The molecule has 0 radical (unpaired) electrons. The predicted octanol–water partition coefficient (Wildman–Crippen LogP) is 2.69. The van der Waals surface area contributed by atoms with E-state index in [-0.39, 0.29) is 17.7 Å². The monoisotopic (exact) mass is 385 g/mol. The van der Waals surface area contributed by atoms with Gasteiger partial charge < -0.3 is 10.2 Å². The van der Waals surface area contributed by atoms with Gasteiger partial charge in [0, 0.05) is 29.3 Å². The second-order valence-electron chi connectivity index (χ2n) is 6.60. The van der Waals surface area contributed by atoms with E-state index in [2.05, 4.69) is 19.0 Å². The third kappa shape index (κ3) is 2.86. The molecule has 2 amide bonds. The summed E-state index contributed by atoms with van der Waals surface area (Å²) in [4.78, 5) is 32.2. The first-order valence-electron chi connectivity index (χ1n) is 8.48. The molecule has 3 heterocycles. The molecular formula is C17H15N5O2S2. The first-order valence-corrected chi connectivity index (χ1v) is 10.0. The molecule has 0 unspecified atom stereocenters. The Morgan fingerprint density at radius 2 is 2.04 bits per heavy atom. The molecule has 9 heteroatoms. The van der Waals surface area contributed by atoms with E-state index in [1.807, 2.05) is 11.0 Å². The Morgan fingerprint density at radius 1 is 1.19 bits per heavy atom. The van der Waals surface area contributed by atoms with Gasteiger partial charge >= 0.3 is 0 Å². The summed E-state index contributed by atoms with van der Waals surface area (Å²) in [5, 5.41) is 3.55. The summed E-state index contributed by atoms with van der Waals surface area (Å²) in [5.74, 6) is 0.209. The number of nitrogens with zero attached hydrogens (tertiary/aromatic N) is 4. The number of rotatable bonds is 3. The fourth-order valence-electron chi connectivity index (χ4n) is 3.07. The fourth-order valence-corrected chi connectivity index (χ4v) is 4.62. The minimum atomic E-state index is -0.0116. The van der Waals surface area contributed by atoms with Crippen LogP contribution in [0.2, 0.25) is 0 Å². The number of benzene rings is 1. The molecule has 1 N–H and O–H groups in total. The number of hydrogen-bond donors (Lipinski definition) is 1. The summed E-state index contributed by atoms with van der Waals surface area (Å²) in [6.45, 7) is 1.15. The fraction of sp³-hybridized carbons (Fsp3) is 0.353. The molecule has 2 aliphatic rings. The smallest absolute Gasteiger partial charge is 0.254 e. The van der Waals surface area contributed by atoms with E-state index < -0.39 is 0 Å². The predicted molar refractivity (Wildman–Crippen MR) is 99.3 cm³/mol. The van der Waals surface area contributed by atoms with E-state index in [4.69, 9.17) is 0 Å². The number of aromatic nitrogens is 3. The zero-order valence-corrected chi connectivity index (χ0v) is 15.4. The maximum absolute atomic E-state index is 12.9. The van der Waals surface area contributed by atoms with Crippen molar-refractivity contribution in [1.82, 2.24) is 18.6 Å². The summed E-state index contributed by atoms with van der Waals surface area (Å²) in [6, 6.07) is 5.43. The Balaban J connectivity index is 1.33. The van der Waals surface area contributed by atoms with Crippen molar-refractivity contribution in [3.8, 4) is 0 Å². The molecule has 1 saturated carbocycles. The molecule has 7 nitrogen and oxygen atoms in total. The number of thiazole rings is 1. The number of anilines is 1. The number of nitrogens with one attached hydrogen (secondary N) is 1. The van der Waals surface area contributed by atoms with E-state index in [9.17, 15) is 9.59 Å². The Morgan fingerprint density at radius 3 is 2.88 bits per heavy atom. The molecule has 3 aromatic rings. The topological polar surface area (TPSA) is 88.1 Å². The van der Waals surface area contributed by atoms with Gasteiger partial charge in [-0.05, 0) is 31.0 Å². The minimum absolute atomic E-state index is 0.0116. The highest BCUT2D eigenvalue weighted by Gasteiger charge is 2.31. The summed E-state index contributed by atoms with van der Waals surface area (Å²) in [6.07, 6.45) is 2.65. The molecule has 2 aromatic heterocycles. The first-order chi connectivity index (χ1) is 12.7. The van der Waals surface area contributed by atoms with Crippen LogP contribution in [0.3, 0.4) is 0 Å². The van der Waals surface area contributed by atoms with Crippen molar-refractivity contribution in [2.45, 2.75) is 25.8 Å². The van der Waals surface area contributed by atoms with Crippen molar-refractivity contribution in [2.75, 3.05) is 11.9 Å². The summed E-state index contributed by atoms with van der Waals surface area (Å²) in [5.41, 5.74) is 3.18. The van der Waals surface area contributed by atoms with Crippen LogP contribution in [0.5, 0.6) is 0 Å². The van der Waals surface area contributed by atoms with Crippen molar-refractivity contribution in [2.24, 2.45) is 5.92 Å². The highest BCUT2D eigenvalue weighted by Crippen LogP contribution is 2.33. The van der Waals surface area contributed by atoms with Gasteiger partial charge in [-0.1, -0.05) is 11.3 Å². The second-order valence-corrected chi connectivity index (χ2v) is 8.21. The maximum atomic E-state index is 12.9. The number of carbonyl (C=O) groups is 2. The van der Waals surface area contributed by atoms with Crippen LogP contribution in [0, 0.1) is 5.92 Å². The van der Waals surface area contributed by atoms with Gasteiger partial charge in [0.1, 0.15) is 11.0 Å². The minimum Gasteiger partial charge on any atom is -0.333 e. The van der Waals surface area contributed by atoms with Gasteiger partial charge in [-0.25, -0.2) is 4.98 Å². The quantitative estimate of drug-likeness (QED) is 0.749. The van der Waals surface area contributed by atoms with Crippen LogP contribution in [0.1, 0.15) is 33.8 Å². The highest BCUT2D eigenvalue weighted by molar-refractivity contribution is 7.15. The first kappa shape index (κ1) is 15.8. The van der Waals surface area contributed by atoms with E-state index in [1.165, 1.54) is 11.3 Å². The van der Waals surface area contributed by atoms with Crippen LogP contribution in [-0.2, 0) is 17.8 Å². The molecule has 132 valence electrons. The van der Waals surface area contributed by atoms with Crippen molar-refractivity contribution in [3.05, 3.63) is 34.3 Å². The molecular weight excluding hydrogens is 370 g/mol. The van der Waals surface area contributed by atoms with Gasteiger partial charge in [0.15, 0.2) is 5.13 Å². The van der Waals surface area contributed by atoms with Crippen LogP contribution in [-0.4, -0.2) is 37.0 Å². The van der Waals surface area contributed by atoms with Crippen LogP contribution >= 0.6 is 23.1 Å². The summed E-state index contributed by atoms with van der Waals surface area (Å²) in [7, 11) is 0. The van der Waals surface area contributed by atoms with Crippen LogP contribution < -0.4 is 5.32 Å². The molecule has 1 aliphatic carbocycles. The number of fused-ring (bicyclic) bond motifs is 2. The Bertz CT molecular complexity index is 1020. The average molecular weight is 385 g/mol. The third-order valence-electron chi connectivity index (χ3n) is 4.70. The zero-order valence-electron chi connectivity index (χ0n) is 13.8. The molecule has 0 spiro atoms. The van der Waals surface area contributed by atoms with Crippen molar-refractivity contribution >= 4 is 51.0 Å². The molecule has 1 fully saturated rings. The lowest BCUT2D eigenvalue weighted by Gasteiger charge is -2.26. The molecule has 0 atom stereocenters. The Labute approximate surface area is 157 Å². The van der Waals surface area contributed by atoms with Crippen LogP contribution in [0.15, 0.2) is 18.2 Å². The van der Waals surface area contributed by atoms with Crippen molar-refractivity contribution in [1.29, 1.82) is 0 Å². The molecule has 0 bridgehead atoms. The SMILES string of the molecule is O=C(Nc1nc2c(s1)CN(C(=O)c1ccc3nsnc3c1)CC2)C1CC1. The van der Waals surface area contributed by atoms with E-state index in [1.54, 1.807) is 12.1 Å². The van der Waals surface area contributed by atoms with Crippen LogP contribution in [0.4, 0.5) is 5.13 Å². The molecule has 1 aromatic carbocycles. The Kier molecular flexibility index (Phi) is 3.71. The number of amides is 2. The lowest BCUT2D eigenvalue weighted by Crippen LogP contribution is -2.35. The summed E-state index contributed by atoms with van der Waals surface area (Å²) >= 11 is 2.62. The number of carbonyl (C=O) groups excluding carboxylic acids is 2. The lowest BCUT2D eigenvalue weighted by atomic mass is 10.1. The van der Waals surface area contributed by atoms with Gasteiger partial charge in [0.25, 0.3) is 5.91 Å². The van der Waals surface area contributed by atoms with Gasteiger partial charge in [-0.15, -0.1) is 0 Å².